The fraction of sp³-hybridized carbons (Fsp3) is 0.812. The number of nitrogens with zero attached hydrogens (tertiary/aromatic N) is 2. The molecule has 0 aromatic carbocycles. The molecular weight excluding hydrogens is 236 g/mol. The first-order valence-electron chi connectivity index (χ1n) is 7.93. The molecule has 3 nitrogen and oxygen atoms in total. The van der Waals surface area contributed by atoms with Crippen LogP contribution in [0.1, 0.15) is 76.9 Å². The summed E-state index contributed by atoms with van der Waals surface area (Å²) in [6, 6.07) is 2.67. The maximum Gasteiger partial charge on any atom is 0.0701 e. The van der Waals surface area contributed by atoms with Gasteiger partial charge in [-0.3, -0.25) is 4.68 Å². The second kappa shape index (κ2) is 6.56. The molecule has 3 heteroatoms. The first kappa shape index (κ1) is 14.6. The van der Waals surface area contributed by atoms with E-state index in [4.69, 9.17) is 5.10 Å². The van der Waals surface area contributed by atoms with Gasteiger partial charge < -0.3 is 5.11 Å². The second-order valence-electron chi connectivity index (χ2n) is 6.08. The Hall–Kier alpha value is -0.830. The van der Waals surface area contributed by atoms with Gasteiger partial charge in [-0.1, -0.05) is 39.5 Å². The lowest BCUT2D eigenvalue weighted by molar-refractivity contribution is 0.0260. The molecule has 0 saturated heterocycles. The van der Waals surface area contributed by atoms with Crippen molar-refractivity contribution in [1.29, 1.82) is 0 Å². The molecule has 19 heavy (non-hydrogen) atoms. The first-order chi connectivity index (χ1) is 9.17. The molecule has 1 unspecified atom stereocenters. The van der Waals surface area contributed by atoms with Crippen molar-refractivity contribution >= 4 is 0 Å². The predicted octanol–water partition coefficient (Wildman–Crippen LogP) is 3.87. The summed E-state index contributed by atoms with van der Waals surface area (Å²) in [4.78, 5) is 0. The fourth-order valence-electron chi connectivity index (χ4n) is 3.21. The van der Waals surface area contributed by atoms with Crippen molar-refractivity contribution in [3.05, 3.63) is 18.0 Å². The Kier molecular flexibility index (Phi) is 5.03. The molecule has 1 aromatic rings. The zero-order valence-corrected chi connectivity index (χ0v) is 12.4. The molecule has 0 spiro atoms. The lowest BCUT2D eigenvalue weighted by Crippen LogP contribution is -2.30. The summed E-state index contributed by atoms with van der Waals surface area (Å²) in [5.74, 6) is 0. The van der Waals surface area contributed by atoms with Crippen molar-refractivity contribution < 1.29 is 5.11 Å². The van der Waals surface area contributed by atoms with Gasteiger partial charge >= 0.3 is 0 Å². The van der Waals surface area contributed by atoms with Crippen LogP contribution in [0.5, 0.6) is 0 Å². The van der Waals surface area contributed by atoms with E-state index in [1.807, 2.05) is 0 Å². The Balaban J connectivity index is 1.99. The summed E-state index contributed by atoms with van der Waals surface area (Å²) >= 11 is 0. The topological polar surface area (TPSA) is 38.0 Å². The van der Waals surface area contributed by atoms with Crippen LogP contribution < -0.4 is 0 Å². The Bertz CT molecular complexity index is 382. The second-order valence-corrected chi connectivity index (χ2v) is 6.08. The minimum atomic E-state index is -0.569. The standard InChI is InChI=1S/C16H28N2O/c1-3-11-16(19,4-2)13-14-10-12-18(17-14)15-8-6-5-7-9-15/h10,12,15,19H,3-9,11,13H2,1-2H3. The van der Waals surface area contributed by atoms with Gasteiger partial charge in [0, 0.05) is 12.6 Å². The zero-order valence-electron chi connectivity index (χ0n) is 12.4. The molecule has 0 bridgehead atoms. The van der Waals surface area contributed by atoms with Crippen LogP contribution in [0.4, 0.5) is 0 Å². The summed E-state index contributed by atoms with van der Waals surface area (Å²) < 4.78 is 2.14. The largest absolute Gasteiger partial charge is 0.389 e. The van der Waals surface area contributed by atoms with Gasteiger partial charge in [-0.15, -0.1) is 0 Å². The number of hydrogen-bond donors (Lipinski definition) is 1. The number of rotatable bonds is 6. The monoisotopic (exact) mass is 264 g/mol. The molecule has 1 fully saturated rings. The Labute approximate surface area is 117 Å². The predicted molar refractivity (Wildman–Crippen MR) is 78.2 cm³/mol. The van der Waals surface area contributed by atoms with Gasteiger partial charge in [-0.2, -0.15) is 5.10 Å². The average molecular weight is 264 g/mol. The molecule has 1 saturated carbocycles. The maximum absolute atomic E-state index is 10.5. The Morgan fingerprint density at radius 2 is 2.05 bits per heavy atom. The van der Waals surface area contributed by atoms with Gasteiger partial charge in [-0.25, -0.2) is 0 Å². The zero-order chi connectivity index (χ0) is 13.7. The molecule has 2 rings (SSSR count). The summed E-state index contributed by atoms with van der Waals surface area (Å²) in [6.07, 6.45) is 12.0. The van der Waals surface area contributed by atoms with Crippen LogP contribution >= 0.6 is 0 Å². The van der Waals surface area contributed by atoms with Crippen LogP contribution in [0.25, 0.3) is 0 Å². The Morgan fingerprint density at radius 3 is 2.68 bits per heavy atom. The quantitative estimate of drug-likeness (QED) is 0.847. The summed E-state index contributed by atoms with van der Waals surface area (Å²) in [7, 11) is 0. The molecule has 1 aromatic heterocycles. The van der Waals surface area contributed by atoms with Crippen LogP contribution in [-0.4, -0.2) is 20.5 Å². The lowest BCUT2D eigenvalue weighted by Gasteiger charge is -2.25. The highest BCUT2D eigenvalue weighted by molar-refractivity contribution is 5.04. The lowest BCUT2D eigenvalue weighted by atomic mass is 9.90. The molecule has 0 radical (unpaired) electrons. The van der Waals surface area contributed by atoms with Crippen LogP contribution in [0, 0.1) is 0 Å². The van der Waals surface area contributed by atoms with E-state index in [-0.39, 0.29) is 0 Å². The SMILES string of the molecule is CCCC(O)(CC)Cc1ccn(C2CCCCC2)n1. The minimum Gasteiger partial charge on any atom is -0.389 e. The van der Waals surface area contributed by atoms with E-state index in [0.717, 1.165) is 25.0 Å². The normalized spacial score (nSPS) is 20.4. The van der Waals surface area contributed by atoms with E-state index in [9.17, 15) is 5.11 Å². The summed E-state index contributed by atoms with van der Waals surface area (Å²) in [5.41, 5.74) is 0.476. The summed E-state index contributed by atoms with van der Waals surface area (Å²) in [5, 5.41) is 15.2. The molecule has 1 atom stereocenters. The van der Waals surface area contributed by atoms with Gasteiger partial charge in [-0.05, 0) is 31.7 Å². The highest BCUT2D eigenvalue weighted by atomic mass is 16.3. The van der Waals surface area contributed by atoms with E-state index in [1.165, 1.54) is 32.1 Å². The smallest absolute Gasteiger partial charge is 0.0701 e. The molecule has 0 amide bonds. The van der Waals surface area contributed by atoms with Crippen molar-refractivity contribution in [2.24, 2.45) is 0 Å². The number of aliphatic hydroxyl groups is 1. The highest BCUT2D eigenvalue weighted by Gasteiger charge is 2.25. The van der Waals surface area contributed by atoms with Crippen molar-refractivity contribution in [1.82, 2.24) is 9.78 Å². The van der Waals surface area contributed by atoms with Gasteiger partial charge in [0.1, 0.15) is 0 Å². The first-order valence-corrected chi connectivity index (χ1v) is 7.93. The van der Waals surface area contributed by atoms with Crippen molar-refractivity contribution in [2.45, 2.75) is 83.3 Å². The molecule has 1 N–H and O–H groups in total. The molecule has 1 aliphatic rings. The van der Waals surface area contributed by atoms with Crippen LogP contribution in [0.15, 0.2) is 12.3 Å². The van der Waals surface area contributed by atoms with Gasteiger partial charge in [0.05, 0.1) is 17.3 Å². The average Bonchev–Trinajstić information content (AvgIpc) is 2.88. The molecule has 1 heterocycles. The third-order valence-electron chi connectivity index (χ3n) is 4.50. The van der Waals surface area contributed by atoms with E-state index in [0.29, 0.717) is 12.5 Å². The van der Waals surface area contributed by atoms with Crippen molar-refractivity contribution in [3.8, 4) is 0 Å². The summed E-state index contributed by atoms with van der Waals surface area (Å²) in [6.45, 7) is 4.19. The van der Waals surface area contributed by atoms with Crippen molar-refractivity contribution in [2.75, 3.05) is 0 Å². The van der Waals surface area contributed by atoms with E-state index >= 15 is 0 Å². The van der Waals surface area contributed by atoms with Crippen LogP contribution in [0.2, 0.25) is 0 Å². The molecule has 0 aliphatic heterocycles. The number of hydrogen-bond acceptors (Lipinski definition) is 2. The van der Waals surface area contributed by atoms with Gasteiger partial charge in [0.25, 0.3) is 0 Å². The third-order valence-corrected chi connectivity index (χ3v) is 4.50. The van der Waals surface area contributed by atoms with Gasteiger partial charge in [0.15, 0.2) is 0 Å². The molecule has 1 aliphatic carbocycles. The minimum absolute atomic E-state index is 0.569. The van der Waals surface area contributed by atoms with Crippen LogP contribution in [0.3, 0.4) is 0 Å². The van der Waals surface area contributed by atoms with E-state index in [2.05, 4.69) is 30.8 Å². The highest BCUT2D eigenvalue weighted by Crippen LogP contribution is 2.28. The molecular formula is C16H28N2O. The number of aromatic nitrogens is 2. The van der Waals surface area contributed by atoms with Gasteiger partial charge in [0.2, 0.25) is 0 Å². The fourth-order valence-corrected chi connectivity index (χ4v) is 3.21. The van der Waals surface area contributed by atoms with Crippen molar-refractivity contribution in [3.63, 3.8) is 0 Å². The maximum atomic E-state index is 10.5. The van der Waals surface area contributed by atoms with E-state index in [1.54, 1.807) is 0 Å². The van der Waals surface area contributed by atoms with E-state index < -0.39 is 5.60 Å². The Morgan fingerprint density at radius 1 is 1.32 bits per heavy atom. The third kappa shape index (κ3) is 3.82. The van der Waals surface area contributed by atoms with Crippen LogP contribution in [-0.2, 0) is 6.42 Å². The molecule has 108 valence electrons.